The van der Waals surface area contributed by atoms with Crippen LogP contribution in [0.4, 0.5) is 10.2 Å². The lowest BCUT2D eigenvalue weighted by atomic mass is 10.0. The van der Waals surface area contributed by atoms with E-state index in [1.165, 1.54) is 18.3 Å². The van der Waals surface area contributed by atoms with Gasteiger partial charge in [0.15, 0.2) is 6.23 Å². The average Bonchev–Trinajstić information content (AvgIpc) is 2.67. The highest BCUT2D eigenvalue weighted by molar-refractivity contribution is 5.23. The second-order valence-corrected chi connectivity index (χ2v) is 4.20. The van der Waals surface area contributed by atoms with Crippen LogP contribution in [0.2, 0.25) is 0 Å². The number of halogens is 1. The zero-order valence-corrected chi connectivity index (χ0v) is 9.62. The maximum absolute atomic E-state index is 13.9. The summed E-state index contributed by atoms with van der Waals surface area (Å²) in [6, 6.07) is 1.38. The predicted octanol–water partition coefficient (Wildman–Crippen LogP) is -0.000400. The molecule has 18 heavy (non-hydrogen) atoms. The molecular weight excluding hydrogens is 241 g/mol. The molecule has 0 radical (unpaired) electrons. The third-order valence-corrected chi connectivity index (χ3v) is 2.97. The van der Waals surface area contributed by atoms with E-state index in [2.05, 4.69) is 11.6 Å². The third kappa shape index (κ3) is 2.02. The van der Waals surface area contributed by atoms with Gasteiger partial charge in [-0.2, -0.15) is 4.98 Å². The van der Waals surface area contributed by atoms with E-state index >= 15 is 0 Å². The number of alkyl halides is 1. The van der Waals surface area contributed by atoms with Crippen LogP contribution in [0.5, 0.6) is 0 Å². The molecule has 3 N–H and O–H groups in total. The minimum absolute atomic E-state index is 0.0572. The Balaban J connectivity index is 2.35. The Morgan fingerprint density at radius 1 is 1.83 bits per heavy atom. The first kappa shape index (κ1) is 12.7. The van der Waals surface area contributed by atoms with Crippen molar-refractivity contribution in [3.63, 3.8) is 0 Å². The molecule has 1 fully saturated rings. The maximum Gasteiger partial charge on any atom is 0.351 e. The molecule has 0 aliphatic carbocycles. The smallest absolute Gasteiger partial charge is 0.351 e. The Morgan fingerprint density at radius 3 is 3.06 bits per heavy atom. The summed E-state index contributed by atoms with van der Waals surface area (Å²) >= 11 is 0. The van der Waals surface area contributed by atoms with Crippen molar-refractivity contribution in [1.82, 2.24) is 9.55 Å². The fraction of sp³-hybridized carbons (Fsp3) is 0.455. The lowest BCUT2D eigenvalue weighted by Crippen LogP contribution is -2.33. The van der Waals surface area contributed by atoms with Gasteiger partial charge in [0, 0.05) is 12.6 Å². The van der Waals surface area contributed by atoms with Crippen LogP contribution in [-0.2, 0) is 4.74 Å². The second-order valence-electron chi connectivity index (χ2n) is 4.20. The van der Waals surface area contributed by atoms with Crippen LogP contribution in [-0.4, -0.2) is 33.0 Å². The number of hydrogen-bond acceptors (Lipinski definition) is 5. The lowest BCUT2D eigenvalue weighted by Gasteiger charge is -2.22. The number of aliphatic hydroxyl groups excluding tert-OH is 1. The van der Waals surface area contributed by atoms with Gasteiger partial charge in [0.05, 0.1) is 6.61 Å². The third-order valence-electron chi connectivity index (χ3n) is 2.97. The highest BCUT2D eigenvalue weighted by Crippen LogP contribution is 2.38. The molecule has 98 valence electrons. The Bertz CT molecular complexity index is 519. The Morgan fingerprint density at radius 2 is 2.56 bits per heavy atom. The first-order valence-corrected chi connectivity index (χ1v) is 5.42. The fourth-order valence-corrected chi connectivity index (χ4v) is 1.94. The maximum atomic E-state index is 13.9. The van der Waals surface area contributed by atoms with Crippen LogP contribution < -0.4 is 11.4 Å². The number of aromatic nitrogens is 2. The van der Waals surface area contributed by atoms with Crippen LogP contribution in [0.15, 0.2) is 29.7 Å². The molecule has 1 aromatic rings. The van der Waals surface area contributed by atoms with Crippen LogP contribution in [0.3, 0.4) is 0 Å². The Hall–Kier alpha value is -1.73. The largest absolute Gasteiger partial charge is 0.393 e. The van der Waals surface area contributed by atoms with E-state index in [9.17, 15) is 14.3 Å². The minimum atomic E-state index is -1.43. The first-order valence-electron chi connectivity index (χ1n) is 5.42. The van der Waals surface area contributed by atoms with E-state index in [0.29, 0.717) is 0 Å². The lowest BCUT2D eigenvalue weighted by molar-refractivity contribution is -0.0792. The van der Waals surface area contributed by atoms with E-state index < -0.39 is 30.3 Å². The molecule has 0 saturated carbocycles. The number of nitrogens with zero attached hydrogens (tertiary/aromatic N) is 2. The van der Waals surface area contributed by atoms with Gasteiger partial charge in [-0.05, 0) is 6.07 Å². The number of ether oxygens (including phenoxy) is 1. The molecule has 0 aromatic carbocycles. The quantitative estimate of drug-likeness (QED) is 0.742. The van der Waals surface area contributed by atoms with Crippen molar-refractivity contribution >= 4 is 5.82 Å². The van der Waals surface area contributed by atoms with Gasteiger partial charge in [-0.15, -0.1) is 6.58 Å². The molecule has 1 aliphatic heterocycles. The summed E-state index contributed by atoms with van der Waals surface area (Å²) in [5, 5.41) is 9.23. The molecule has 2 rings (SSSR count). The number of nitrogens with two attached hydrogens (primary N) is 1. The van der Waals surface area contributed by atoms with Crippen molar-refractivity contribution in [2.75, 3.05) is 12.3 Å². The molecule has 1 saturated heterocycles. The van der Waals surface area contributed by atoms with Crippen molar-refractivity contribution in [3.8, 4) is 0 Å². The molecule has 0 amide bonds. The summed E-state index contributed by atoms with van der Waals surface area (Å²) in [5.74, 6) is 0.0572. The molecule has 3 atom stereocenters. The van der Waals surface area contributed by atoms with Crippen molar-refractivity contribution in [2.24, 2.45) is 0 Å². The normalized spacial score (nSPS) is 31.4. The highest BCUT2D eigenvalue weighted by atomic mass is 19.1. The molecule has 0 bridgehead atoms. The van der Waals surface area contributed by atoms with Crippen molar-refractivity contribution in [1.29, 1.82) is 0 Å². The molecule has 2 heterocycles. The Kier molecular flexibility index (Phi) is 3.18. The average molecular weight is 255 g/mol. The van der Waals surface area contributed by atoms with Crippen LogP contribution in [0.25, 0.3) is 0 Å². The van der Waals surface area contributed by atoms with E-state index in [1.807, 2.05) is 0 Å². The van der Waals surface area contributed by atoms with Crippen LogP contribution >= 0.6 is 0 Å². The fourth-order valence-electron chi connectivity index (χ4n) is 1.94. The number of nitrogen functional groups attached to an aromatic ring is 1. The summed E-state index contributed by atoms with van der Waals surface area (Å²) in [6.07, 6.45) is 0.0384. The zero-order valence-electron chi connectivity index (χ0n) is 9.62. The SMILES string of the molecule is C=C[C@@]1(CO)C[C@H](F)[C@H](n2ccc(N)nc2=O)O1. The highest BCUT2D eigenvalue weighted by Gasteiger charge is 2.46. The van der Waals surface area contributed by atoms with Crippen LogP contribution in [0.1, 0.15) is 12.6 Å². The number of rotatable bonds is 3. The van der Waals surface area contributed by atoms with Gasteiger partial charge in [-0.1, -0.05) is 6.08 Å². The molecule has 0 spiro atoms. The second kappa shape index (κ2) is 4.51. The van der Waals surface area contributed by atoms with E-state index in [-0.39, 0.29) is 12.2 Å². The molecule has 1 aromatic heterocycles. The van der Waals surface area contributed by atoms with Gasteiger partial charge in [0.1, 0.15) is 17.6 Å². The molecule has 6 nitrogen and oxygen atoms in total. The predicted molar refractivity (Wildman–Crippen MR) is 62.6 cm³/mol. The standard InChI is InChI=1S/C11H14FN3O3/c1-2-11(6-16)5-7(12)9(18-11)15-4-3-8(13)14-10(15)17/h2-4,7,9,16H,1,5-6H2,(H2,13,14,17)/t7-,9+,11-/m0/s1. The van der Waals surface area contributed by atoms with Crippen molar-refractivity contribution in [3.05, 3.63) is 35.4 Å². The molecule has 1 aliphatic rings. The molecule has 7 heteroatoms. The minimum Gasteiger partial charge on any atom is -0.393 e. The number of hydrogen-bond donors (Lipinski definition) is 2. The van der Waals surface area contributed by atoms with Gasteiger partial charge in [-0.25, -0.2) is 9.18 Å². The van der Waals surface area contributed by atoms with Gasteiger partial charge in [-0.3, -0.25) is 4.57 Å². The Labute approximate surface area is 103 Å². The number of aliphatic hydroxyl groups is 1. The summed E-state index contributed by atoms with van der Waals surface area (Å²) in [6.45, 7) is 3.11. The summed E-state index contributed by atoms with van der Waals surface area (Å²) in [4.78, 5) is 15.1. The summed E-state index contributed by atoms with van der Waals surface area (Å²) in [5.41, 5.74) is 3.50. The van der Waals surface area contributed by atoms with E-state index in [0.717, 1.165) is 4.57 Å². The number of anilines is 1. The summed E-state index contributed by atoms with van der Waals surface area (Å²) in [7, 11) is 0. The van der Waals surface area contributed by atoms with E-state index in [1.54, 1.807) is 0 Å². The van der Waals surface area contributed by atoms with Gasteiger partial charge in [0.2, 0.25) is 0 Å². The topological polar surface area (TPSA) is 90.4 Å². The molecule has 0 unspecified atom stereocenters. The van der Waals surface area contributed by atoms with Gasteiger partial charge >= 0.3 is 5.69 Å². The monoisotopic (exact) mass is 255 g/mol. The van der Waals surface area contributed by atoms with E-state index in [4.69, 9.17) is 10.5 Å². The van der Waals surface area contributed by atoms with Crippen LogP contribution in [0, 0.1) is 0 Å². The summed E-state index contributed by atoms with van der Waals surface area (Å²) < 4.78 is 20.3. The zero-order chi connectivity index (χ0) is 13.3. The van der Waals surface area contributed by atoms with Crippen molar-refractivity contribution < 1.29 is 14.2 Å². The first-order chi connectivity index (χ1) is 8.51. The van der Waals surface area contributed by atoms with Gasteiger partial charge in [0.25, 0.3) is 0 Å². The molecular formula is C11H14FN3O3. The van der Waals surface area contributed by atoms with Gasteiger partial charge < -0.3 is 15.6 Å². The van der Waals surface area contributed by atoms with Crippen molar-refractivity contribution in [2.45, 2.75) is 24.4 Å².